The van der Waals surface area contributed by atoms with E-state index in [1.165, 1.54) is 0 Å². The van der Waals surface area contributed by atoms with Gasteiger partial charge in [-0.1, -0.05) is 0 Å². The Morgan fingerprint density at radius 2 is 2.12 bits per heavy atom. The van der Waals surface area contributed by atoms with Crippen LogP contribution in [-0.4, -0.2) is 47.9 Å². The largest absolute Gasteiger partial charge is 0.444 e. The van der Waals surface area contributed by atoms with Crippen LogP contribution in [0.4, 0.5) is 4.79 Å². The molecule has 2 N–H and O–H groups in total. The highest BCUT2D eigenvalue weighted by Gasteiger charge is 2.46. The maximum absolute atomic E-state index is 12.0. The molecular weight excluding hydrogens is 208 g/mol. The van der Waals surface area contributed by atoms with E-state index in [0.29, 0.717) is 13.2 Å². The second-order valence-electron chi connectivity index (χ2n) is 5.55. The zero-order valence-corrected chi connectivity index (χ0v) is 10.1. The molecule has 92 valence electrons. The molecule has 0 aromatic carbocycles. The average Bonchev–Trinajstić information content (AvgIpc) is 2.31. The lowest BCUT2D eigenvalue weighted by atomic mass is 10.1. The fourth-order valence-corrected chi connectivity index (χ4v) is 2.34. The van der Waals surface area contributed by atoms with Gasteiger partial charge >= 0.3 is 6.09 Å². The van der Waals surface area contributed by atoms with Gasteiger partial charge in [-0.05, 0) is 27.2 Å². The third-order valence-electron chi connectivity index (χ3n) is 2.99. The van der Waals surface area contributed by atoms with Crippen molar-refractivity contribution in [1.82, 2.24) is 4.90 Å². The van der Waals surface area contributed by atoms with Crippen LogP contribution in [-0.2, 0) is 9.47 Å². The first kappa shape index (κ1) is 11.7. The van der Waals surface area contributed by atoms with E-state index >= 15 is 0 Å². The van der Waals surface area contributed by atoms with Crippen LogP contribution < -0.4 is 5.73 Å². The summed E-state index contributed by atoms with van der Waals surface area (Å²) in [4.78, 5) is 13.8. The maximum atomic E-state index is 12.0. The molecule has 0 saturated carbocycles. The van der Waals surface area contributed by atoms with Crippen LogP contribution in [0, 0.1) is 0 Å². The van der Waals surface area contributed by atoms with Crippen molar-refractivity contribution in [3.8, 4) is 0 Å². The normalized spacial score (nSPS) is 34.0. The molecule has 3 atom stereocenters. The zero-order chi connectivity index (χ0) is 11.9. The maximum Gasteiger partial charge on any atom is 0.411 e. The number of morpholine rings is 1. The molecule has 2 fully saturated rings. The van der Waals surface area contributed by atoms with E-state index in [-0.39, 0.29) is 24.2 Å². The summed E-state index contributed by atoms with van der Waals surface area (Å²) < 4.78 is 10.8. The van der Waals surface area contributed by atoms with E-state index in [4.69, 9.17) is 15.2 Å². The minimum absolute atomic E-state index is 0.0139. The number of carbonyl (C=O) groups excluding carboxylic acids is 1. The van der Waals surface area contributed by atoms with Gasteiger partial charge in [0.15, 0.2) is 0 Å². The van der Waals surface area contributed by atoms with Gasteiger partial charge in [-0.25, -0.2) is 4.79 Å². The number of ether oxygens (including phenoxy) is 2. The molecule has 0 aliphatic carbocycles. The van der Waals surface area contributed by atoms with E-state index < -0.39 is 5.60 Å². The Hall–Kier alpha value is -0.810. The minimum Gasteiger partial charge on any atom is -0.444 e. The van der Waals surface area contributed by atoms with E-state index in [2.05, 4.69) is 0 Å². The lowest BCUT2D eigenvalue weighted by Crippen LogP contribution is -2.53. The Morgan fingerprint density at radius 3 is 2.69 bits per heavy atom. The number of rotatable bonds is 0. The fourth-order valence-electron chi connectivity index (χ4n) is 2.34. The molecule has 0 aromatic rings. The van der Waals surface area contributed by atoms with Gasteiger partial charge in [-0.3, -0.25) is 4.90 Å². The molecule has 0 spiro atoms. The first-order valence-corrected chi connectivity index (χ1v) is 5.73. The Morgan fingerprint density at radius 1 is 1.44 bits per heavy atom. The van der Waals surface area contributed by atoms with Crippen molar-refractivity contribution in [1.29, 1.82) is 0 Å². The van der Waals surface area contributed by atoms with Crippen molar-refractivity contribution < 1.29 is 14.3 Å². The molecule has 2 rings (SSSR count). The van der Waals surface area contributed by atoms with Crippen molar-refractivity contribution in [2.75, 3.05) is 13.2 Å². The molecule has 1 amide bonds. The van der Waals surface area contributed by atoms with Crippen LogP contribution in [0.5, 0.6) is 0 Å². The summed E-state index contributed by atoms with van der Waals surface area (Å²) in [7, 11) is 0. The SMILES string of the molecule is CC(C)(C)OC(=O)N1[C@H]2COC[C@@H]1[C@@H](N)C2. The molecule has 2 aliphatic rings. The van der Waals surface area contributed by atoms with Crippen molar-refractivity contribution in [2.45, 2.75) is 50.9 Å². The molecule has 5 heteroatoms. The lowest BCUT2D eigenvalue weighted by molar-refractivity contribution is -0.0380. The summed E-state index contributed by atoms with van der Waals surface area (Å²) in [6, 6.07) is 0.0808. The van der Waals surface area contributed by atoms with Gasteiger partial charge in [0.05, 0.1) is 25.3 Å². The average molecular weight is 228 g/mol. The van der Waals surface area contributed by atoms with Gasteiger partial charge in [0.1, 0.15) is 5.60 Å². The summed E-state index contributed by atoms with van der Waals surface area (Å²) in [5.41, 5.74) is 5.52. The van der Waals surface area contributed by atoms with E-state index in [1.807, 2.05) is 20.8 Å². The number of nitrogens with two attached hydrogens (primary N) is 1. The van der Waals surface area contributed by atoms with Crippen LogP contribution in [0.3, 0.4) is 0 Å². The fraction of sp³-hybridized carbons (Fsp3) is 0.909. The summed E-state index contributed by atoms with van der Waals surface area (Å²) in [5.74, 6) is 0. The second kappa shape index (κ2) is 3.89. The standard InChI is InChI=1S/C11H20N2O3/c1-11(2,3)16-10(14)13-7-4-8(12)9(13)6-15-5-7/h7-9H,4-6,12H2,1-3H3/t7-,8+,9-/m1/s1. The van der Waals surface area contributed by atoms with Gasteiger partial charge in [-0.2, -0.15) is 0 Å². The number of hydrogen-bond donors (Lipinski definition) is 1. The third kappa shape index (κ3) is 2.15. The van der Waals surface area contributed by atoms with Crippen molar-refractivity contribution in [3.63, 3.8) is 0 Å². The van der Waals surface area contributed by atoms with E-state index in [1.54, 1.807) is 4.90 Å². The highest BCUT2D eigenvalue weighted by Crippen LogP contribution is 2.29. The first-order chi connectivity index (χ1) is 7.38. The molecule has 2 bridgehead atoms. The topological polar surface area (TPSA) is 64.8 Å². The molecule has 16 heavy (non-hydrogen) atoms. The third-order valence-corrected chi connectivity index (χ3v) is 2.99. The van der Waals surface area contributed by atoms with Gasteiger partial charge < -0.3 is 15.2 Å². The van der Waals surface area contributed by atoms with Crippen LogP contribution in [0.15, 0.2) is 0 Å². The van der Waals surface area contributed by atoms with Crippen molar-refractivity contribution in [2.24, 2.45) is 5.73 Å². The highest BCUT2D eigenvalue weighted by atomic mass is 16.6. The van der Waals surface area contributed by atoms with Gasteiger partial charge in [0.25, 0.3) is 0 Å². The monoisotopic (exact) mass is 228 g/mol. The number of hydrogen-bond acceptors (Lipinski definition) is 4. The molecular formula is C11H20N2O3. The van der Waals surface area contributed by atoms with Crippen molar-refractivity contribution >= 4 is 6.09 Å². The van der Waals surface area contributed by atoms with Crippen molar-refractivity contribution in [3.05, 3.63) is 0 Å². The zero-order valence-electron chi connectivity index (χ0n) is 10.1. The Labute approximate surface area is 95.9 Å². The van der Waals surface area contributed by atoms with Crippen LogP contribution in [0.25, 0.3) is 0 Å². The molecule has 0 radical (unpaired) electrons. The van der Waals surface area contributed by atoms with Crippen LogP contribution in [0.1, 0.15) is 27.2 Å². The molecule has 2 saturated heterocycles. The summed E-state index contributed by atoms with van der Waals surface area (Å²) in [6.45, 7) is 6.70. The summed E-state index contributed by atoms with van der Waals surface area (Å²) >= 11 is 0. The molecule has 2 aliphatic heterocycles. The molecule has 0 unspecified atom stereocenters. The summed E-state index contributed by atoms with van der Waals surface area (Å²) in [6.07, 6.45) is 0.544. The van der Waals surface area contributed by atoms with Crippen LogP contribution in [0.2, 0.25) is 0 Å². The van der Waals surface area contributed by atoms with Gasteiger partial charge in [-0.15, -0.1) is 0 Å². The summed E-state index contributed by atoms with van der Waals surface area (Å²) in [5, 5.41) is 0. The molecule has 5 nitrogen and oxygen atoms in total. The number of carbonyl (C=O) groups is 1. The Kier molecular flexibility index (Phi) is 2.84. The quantitative estimate of drug-likeness (QED) is 0.663. The highest BCUT2D eigenvalue weighted by molar-refractivity contribution is 5.70. The smallest absolute Gasteiger partial charge is 0.411 e. The Balaban J connectivity index is 2.07. The lowest BCUT2D eigenvalue weighted by Gasteiger charge is -2.36. The molecule has 2 heterocycles. The first-order valence-electron chi connectivity index (χ1n) is 5.73. The van der Waals surface area contributed by atoms with E-state index in [0.717, 1.165) is 6.42 Å². The van der Waals surface area contributed by atoms with Gasteiger partial charge in [0, 0.05) is 6.04 Å². The minimum atomic E-state index is -0.459. The number of nitrogens with zero attached hydrogens (tertiary/aromatic N) is 1. The van der Waals surface area contributed by atoms with E-state index in [9.17, 15) is 4.79 Å². The van der Waals surface area contributed by atoms with Crippen LogP contribution >= 0.6 is 0 Å². The number of amides is 1. The predicted octanol–water partition coefficient (Wildman–Crippen LogP) is 0.722. The Bertz CT molecular complexity index is 287. The second-order valence-corrected chi connectivity index (χ2v) is 5.55. The number of fused-ring (bicyclic) bond motifs is 2. The van der Waals surface area contributed by atoms with Gasteiger partial charge in [0.2, 0.25) is 0 Å². The molecule has 0 aromatic heterocycles. The predicted molar refractivity (Wildman–Crippen MR) is 59.1 cm³/mol.